The lowest BCUT2D eigenvalue weighted by atomic mass is 10.1. The van der Waals surface area contributed by atoms with Crippen molar-refractivity contribution in [2.24, 2.45) is 0 Å². The molecule has 5 nitrogen and oxygen atoms in total. The van der Waals surface area contributed by atoms with Crippen LogP contribution in [0.15, 0.2) is 36.4 Å². The van der Waals surface area contributed by atoms with Crippen LogP contribution in [-0.4, -0.2) is 31.1 Å². The Balaban J connectivity index is 2.10. The van der Waals surface area contributed by atoms with Gasteiger partial charge >= 0.3 is 12.1 Å². The van der Waals surface area contributed by atoms with Crippen molar-refractivity contribution >= 4 is 35.0 Å². The van der Waals surface area contributed by atoms with E-state index >= 15 is 0 Å². The predicted molar refractivity (Wildman–Crippen MR) is 109 cm³/mol. The molecule has 0 radical (unpaired) electrons. The van der Waals surface area contributed by atoms with Gasteiger partial charge in [-0.3, -0.25) is 4.79 Å². The fourth-order valence-corrected chi connectivity index (χ4v) is 2.78. The minimum Gasteiger partial charge on any atom is -0.464 e. The SMILES string of the molecule is CCCOC(=O)C(C)OCC(=O)c1cc(Oc2ccc(C(F)(F)F)cc2Cl)ccc1Cl. The first-order valence-electron chi connectivity index (χ1n) is 9.18. The third-order valence-corrected chi connectivity index (χ3v) is 4.60. The van der Waals surface area contributed by atoms with Gasteiger partial charge in [0.05, 0.1) is 22.2 Å². The molecule has 0 aliphatic heterocycles. The van der Waals surface area contributed by atoms with Crippen LogP contribution in [0, 0.1) is 0 Å². The van der Waals surface area contributed by atoms with Crippen molar-refractivity contribution in [1.82, 2.24) is 0 Å². The predicted octanol–water partition coefficient (Wildman–Crippen LogP) is 6.35. The first-order valence-corrected chi connectivity index (χ1v) is 9.94. The molecule has 0 aliphatic rings. The summed E-state index contributed by atoms with van der Waals surface area (Å²) in [5.41, 5.74) is -0.864. The van der Waals surface area contributed by atoms with E-state index in [2.05, 4.69) is 0 Å². The van der Waals surface area contributed by atoms with Gasteiger partial charge in [0.2, 0.25) is 0 Å². The molecule has 1 atom stereocenters. The zero-order chi connectivity index (χ0) is 23.2. The Labute approximate surface area is 187 Å². The van der Waals surface area contributed by atoms with Gasteiger partial charge in [-0.2, -0.15) is 13.2 Å². The van der Waals surface area contributed by atoms with E-state index in [1.54, 1.807) is 0 Å². The molecule has 2 aromatic rings. The molecule has 1 unspecified atom stereocenters. The maximum Gasteiger partial charge on any atom is 0.416 e. The van der Waals surface area contributed by atoms with Gasteiger partial charge in [-0.1, -0.05) is 30.1 Å². The zero-order valence-electron chi connectivity index (χ0n) is 16.6. The molecule has 0 aromatic heterocycles. The number of ether oxygens (including phenoxy) is 3. The summed E-state index contributed by atoms with van der Waals surface area (Å²) < 4.78 is 54.0. The lowest BCUT2D eigenvalue weighted by molar-refractivity contribution is -0.155. The number of carbonyl (C=O) groups excluding carboxylic acids is 2. The molecule has 0 aliphatic carbocycles. The summed E-state index contributed by atoms with van der Waals surface area (Å²) in [6.07, 6.45) is -4.83. The highest BCUT2D eigenvalue weighted by molar-refractivity contribution is 6.34. The molecule has 0 bridgehead atoms. The largest absolute Gasteiger partial charge is 0.464 e. The second-order valence-corrected chi connectivity index (χ2v) is 7.24. The number of Topliss-reactive ketones (excluding diaryl/α,β-unsaturated/α-hetero) is 1. The van der Waals surface area contributed by atoms with Gasteiger partial charge in [0.15, 0.2) is 11.9 Å². The first kappa shape index (κ1) is 25.0. The Bertz CT molecular complexity index is 947. The fraction of sp³-hybridized carbons (Fsp3) is 0.333. The number of carbonyl (C=O) groups is 2. The first-order chi connectivity index (χ1) is 14.5. The number of rotatable bonds is 9. The molecule has 2 rings (SSSR count). The van der Waals surface area contributed by atoms with Gasteiger partial charge in [0, 0.05) is 5.56 Å². The molecule has 0 heterocycles. The van der Waals surface area contributed by atoms with E-state index in [1.807, 2.05) is 6.92 Å². The summed E-state index contributed by atoms with van der Waals surface area (Å²) in [4.78, 5) is 24.2. The maximum absolute atomic E-state index is 12.8. The van der Waals surface area contributed by atoms with Crippen molar-refractivity contribution in [3.8, 4) is 11.5 Å². The standard InChI is InChI=1S/C21H19Cl2F3O5/c1-3-8-29-20(28)12(2)30-11-18(27)15-10-14(5-6-16(15)22)31-19-7-4-13(9-17(19)23)21(24,25)26/h4-7,9-10,12H,3,8,11H2,1-2H3. The van der Waals surface area contributed by atoms with Gasteiger partial charge < -0.3 is 14.2 Å². The van der Waals surface area contributed by atoms with Crippen molar-refractivity contribution < 1.29 is 37.0 Å². The van der Waals surface area contributed by atoms with E-state index < -0.39 is 36.2 Å². The molecule has 0 amide bonds. The molecule has 2 aromatic carbocycles. The van der Waals surface area contributed by atoms with Gasteiger partial charge in [0.25, 0.3) is 0 Å². The molecule has 0 N–H and O–H groups in total. The quantitative estimate of drug-likeness (QED) is 0.310. The summed E-state index contributed by atoms with van der Waals surface area (Å²) in [7, 11) is 0. The second-order valence-electron chi connectivity index (χ2n) is 6.43. The van der Waals surface area contributed by atoms with Crippen molar-refractivity contribution in [3.05, 3.63) is 57.6 Å². The van der Waals surface area contributed by atoms with E-state index in [9.17, 15) is 22.8 Å². The highest BCUT2D eigenvalue weighted by Gasteiger charge is 2.31. The van der Waals surface area contributed by atoms with Crippen molar-refractivity contribution in [2.45, 2.75) is 32.5 Å². The van der Waals surface area contributed by atoms with Crippen LogP contribution in [0.1, 0.15) is 36.2 Å². The number of benzene rings is 2. The van der Waals surface area contributed by atoms with Gasteiger partial charge in [-0.15, -0.1) is 0 Å². The minimum absolute atomic E-state index is 0.0288. The highest BCUT2D eigenvalue weighted by Crippen LogP contribution is 2.37. The molecule has 0 fully saturated rings. The number of hydrogen-bond donors (Lipinski definition) is 0. The maximum atomic E-state index is 12.8. The van der Waals surface area contributed by atoms with Crippen LogP contribution in [0.25, 0.3) is 0 Å². The van der Waals surface area contributed by atoms with Crippen molar-refractivity contribution in [3.63, 3.8) is 0 Å². The lowest BCUT2D eigenvalue weighted by Crippen LogP contribution is -2.26. The fourth-order valence-electron chi connectivity index (χ4n) is 2.33. The molecule has 31 heavy (non-hydrogen) atoms. The van der Waals surface area contributed by atoms with E-state index in [1.165, 1.54) is 25.1 Å². The van der Waals surface area contributed by atoms with Crippen LogP contribution in [0.4, 0.5) is 13.2 Å². The average molecular weight is 479 g/mol. The van der Waals surface area contributed by atoms with Gasteiger partial charge in [-0.25, -0.2) is 4.79 Å². The number of halogens is 5. The number of esters is 1. The van der Waals surface area contributed by atoms with Crippen LogP contribution in [0.3, 0.4) is 0 Å². The molecule has 0 saturated carbocycles. The van der Waals surface area contributed by atoms with E-state index in [-0.39, 0.29) is 33.7 Å². The second kappa shape index (κ2) is 10.8. The molecule has 0 saturated heterocycles. The summed E-state index contributed by atoms with van der Waals surface area (Å²) in [6, 6.07) is 6.78. The third kappa shape index (κ3) is 7.12. The third-order valence-electron chi connectivity index (χ3n) is 3.97. The Hall–Kier alpha value is -2.29. The lowest BCUT2D eigenvalue weighted by Gasteiger charge is -2.14. The Morgan fingerprint density at radius 3 is 2.39 bits per heavy atom. The average Bonchev–Trinajstić information content (AvgIpc) is 2.71. The topological polar surface area (TPSA) is 61.8 Å². The summed E-state index contributed by atoms with van der Waals surface area (Å²) in [5.74, 6) is -1.01. The molecule has 0 spiro atoms. The Kier molecular flexibility index (Phi) is 8.73. The Morgan fingerprint density at radius 2 is 1.77 bits per heavy atom. The molecule has 10 heteroatoms. The molecule has 168 valence electrons. The summed E-state index contributed by atoms with van der Waals surface area (Å²) in [5, 5.41) is -0.138. The number of hydrogen-bond acceptors (Lipinski definition) is 5. The van der Waals surface area contributed by atoms with E-state index in [0.717, 1.165) is 18.2 Å². The molecular formula is C21H19Cl2F3O5. The zero-order valence-corrected chi connectivity index (χ0v) is 18.1. The smallest absolute Gasteiger partial charge is 0.416 e. The normalized spacial score (nSPS) is 12.4. The van der Waals surface area contributed by atoms with Crippen LogP contribution in [0.5, 0.6) is 11.5 Å². The van der Waals surface area contributed by atoms with Crippen molar-refractivity contribution in [1.29, 1.82) is 0 Å². The number of ketones is 1. The van der Waals surface area contributed by atoms with Gasteiger partial charge in [-0.05, 0) is 49.7 Å². The summed E-state index contributed by atoms with van der Waals surface area (Å²) in [6.45, 7) is 3.11. The van der Waals surface area contributed by atoms with Crippen LogP contribution in [-0.2, 0) is 20.4 Å². The van der Waals surface area contributed by atoms with Crippen LogP contribution >= 0.6 is 23.2 Å². The Morgan fingerprint density at radius 1 is 1.06 bits per heavy atom. The van der Waals surface area contributed by atoms with Crippen LogP contribution in [0.2, 0.25) is 10.0 Å². The van der Waals surface area contributed by atoms with Crippen LogP contribution < -0.4 is 4.74 Å². The van der Waals surface area contributed by atoms with E-state index in [4.69, 9.17) is 37.4 Å². The van der Waals surface area contributed by atoms with E-state index in [0.29, 0.717) is 6.42 Å². The monoisotopic (exact) mass is 478 g/mol. The summed E-state index contributed by atoms with van der Waals surface area (Å²) >= 11 is 12.0. The van der Waals surface area contributed by atoms with Crippen molar-refractivity contribution in [2.75, 3.05) is 13.2 Å². The minimum atomic E-state index is -4.54. The van der Waals surface area contributed by atoms with Gasteiger partial charge in [0.1, 0.15) is 18.1 Å². The molecular weight excluding hydrogens is 460 g/mol. The number of alkyl halides is 3. The highest BCUT2D eigenvalue weighted by atomic mass is 35.5.